The number of rotatable bonds is 4. The Morgan fingerprint density at radius 1 is 1.22 bits per heavy atom. The predicted octanol–water partition coefficient (Wildman–Crippen LogP) is 2.13. The van der Waals surface area contributed by atoms with E-state index < -0.39 is 5.60 Å². The molecule has 1 aromatic heterocycles. The van der Waals surface area contributed by atoms with Gasteiger partial charge in [0.15, 0.2) is 0 Å². The number of benzene rings is 1. The zero-order chi connectivity index (χ0) is 13.0. The van der Waals surface area contributed by atoms with Gasteiger partial charge >= 0.3 is 0 Å². The van der Waals surface area contributed by atoms with Crippen LogP contribution in [0, 0.1) is 0 Å². The molecule has 18 heavy (non-hydrogen) atoms. The molecule has 2 aromatic rings. The molecule has 0 fully saturated rings. The molecule has 1 atom stereocenters. The Balaban J connectivity index is 2.38. The Labute approximate surface area is 106 Å². The van der Waals surface area contributed by atoms with E-state index in [-0.39, 0.29) is 0 Å². The lowest BCUT2D eigenvalue weighted by Crippen LogP contribution is -2.24. The van der Waals surface area contributed by atoms with Gasteiger partial charge in [-0.1, -0.05) is 30.3 Å². The van der Waals surface area contributed by atoms with E-state index in [4.69, 9.17) is 4.74 Å². The van der Waals surface area contributed by atoms with Gasteiger partial charge in [-0.05, 0) is 19.4 Å². The van der Waals surface area contributed by atoms with Gasteiger partial charge in [0.25, 0.3) is 0 Å². The van der Waals surface area contributed by atoms with Crippen LogP contribution in [-0.2, 0) is 5.60 Å². The summed E-state index contributed by atoms with van der Waals surface area (Å²) in [6, 6.07) is 11.1. The Hall–Kier alpha value is -1.94. The van der Waals surface area contributed by atoms with Crippen molar-refractivity contribution < 1.29 is 9.84 Å². The predicted molar refractivity (Wildman–Crippen MR) is 68.3 cm³/mol. The van der Waals surface area contributed by atoms with E-state index in [9.17, 15) is 5.11 Å². The number of hydrogen-bond donors (Lipinski definition) is 1. The van der Waals surface area contributed by atoms with Crippen LogP contribution < -0.4 is 4.74 Å². The second kappa shape index (κ2) is 5.14. The SMILES string of the molecule is CCOc1cc(C(C)(O)c2ccccc2)ncn1. The summed E-state index contributed by atoms with van der Waals surface area (Å²) in [6.45, 7) is 4.13. The van der Waals surface area contributed by atoms with E-state index in [1.54, 1.807) is 13.0 Å². The summed E-state index contributed by atoms with van der Waals surface area (Å²) in [6.07, 6.45) is 1.40. The zero-order valence-corrected chi connectivity index (χ0v) is 10.5. The third-order valence-electron chi connectivity index (χ3n) is 2.77. The molecule has 0 bridgehead atoms. The average Bonchev–Trinajstić information content (AvgIpc) is 2.40. The standard InChI is InChI=1S/C14H16N2O2/c1-3-18-13-9-12(15-10-16-13)14(2,17)11-7-5-4-6-8-11/h4-10,17H,3H2,1-2H3. The van der Waals surface area contributed by atoms with Crippen molar-refractivity contribution in [2.45, 2.75) is 19.4 Å². The summed E-state index contributed by atoms with van der Waals surface area (Å²) in [4.78, 5) is 8.12. The molecule has 0 spiro atoms. The molecule has 0 aliphatic rings. The van der Waals surface area contributed by atoms with Gasteiger partial charge in [0.2, 0.25) is 5.88 Å². The zero-order valence-electron chi connectivity index (χ0n) is 10.5. The van der Waals surface area contributed by atoms with Gasteiger partial charge in [-0.25, -0.2) is 9.97 Å². The van der Waals surface area contributed by atoms with Crippen molar-refractivity contribution in [1.29, 1.82) is 0 Å². The highest BCUT2D eigenvalue weighted by Gasteiger charge is 2.27. The van der Waals surface area contributed by atoms with Gasteiger partial charge in [-0.15, -0.1) is 0 Å². The van der Waals surface area contributed by atoms with E-state index in [2.05, 4.69) is 9.97 Å². The fourth-order valence-corrected chi connectivity index (χ4v) is 1.74. The molecular formula is C14H16N2O2. The second-order valence-electron chi connectivity index (χ2n) is 4.11. The van der Waals surface area contributed by atoms with Gasteiger partial charge in [0.05, 0.1) is 12.3 Å². The first kappa shape index (κ1) is 12.5. The molecular weight excluding hydrogens is 228 g/mol. The molecule has 1 aromatic carbocycles. The minimum absolute atomic E-state index is 0.471. The summed E-state index contributed by atoms with van der Waals surface area (Å²) in [5.74, 6) is 0.471. The number of aliphatic hydroxyl groups is 1. The Morgan fingerprint density at radius 2 is 1.94 bits per heavy atom. The normalized spacial score (nSPS) is 13.9. The van der Waals surface area contributed by atoms with Crippen LogP contribution in [0.25, 0.3) is 0 Å². The molecule has 0 amide bonds. The molecule has 4 heteroatoms. The van der Waals surface area contributed by atoms with E-state index >= 15 is 0 Å². The lowest BCUT2D eigenvalue weighted by atomic mass is 9.92. The number of aromatic nitrogens is 2. The van der Waals surface area contributed by atoms with Crippen molar-refractivity contribution in [3.63, 3.8) is 0 Å². The van der Waals surface area contributed by atoms with E-state index in [0.29, 0.717) is 18.2 Å². The molecule has 0 aliphatic carbocycles. The van der Waals surface area contributed by atoms with Gasteiger partial charge in [-0.2, -0.15) is 0 Å². The molecule has 1 heterocycles. The Morgan fingerprint density at radius 3 is 2.61 bits per heavy atom. The molecule has 0 radical (unpaired) electrons. The molecule has 1 unspecified atom stereocenters. The van der Waals surface area contributed by atoms with E-state index in [1.165, 1.54) is 6.33 Å². The van der Waals surface area contributed by atoms with Crippen molar-refractivity contribution in [2.24, 2.45) is 0 Å². The van der Waals surface area contributed by atoms with Crippen molar-refractivity contribution in [2.75, 3.05) is 6.61 Å². The minimum atomic E-state index is -1.16. The van der Waals surface area contributed by atoms with Crippen LogP contribution in [0.2, 0.25) is 0 Å². The summed E-state index contributed by atoms with van der Waals surface area (Å²) in [7, 11) is 0. The van der Waals surface area contributed by atoms with Gasteiger partial charge in [0, 0.05) is 6.07 Å². The molecule has 2 rings (SSSR count). The van der Waals surface area contributed by atoms with Crippen molar-refractivity contribution in [1.82, 2.24) is 9.97 Å². The maximum Gasteiger partial charge on any atom is 0.216 e. The highest BCUT2D eigenvalue weighted by molar-refractivity contribution is 5.32. The quantitative estimate of drug-likeness (QED) is 0.895. The first-order valence-electron chi connectivity index (χ1n) is 5.88. The molecule has 0 aliphatic heterocycles. The van der Waals surface area contributed by atoms with Crippen LogP contribution in [-0.4, -0.2) is 21.7 Å². The maximum absolute atomic E-state index is 10.6. The largest absolute Gasteiger partial charge is 0.478 e. The van der Waals surface area contributed by atoms with Crippen molar-refractivity contribution in [3.05, 3.63) is 54.0 Å². The highest BCUT2D eigenvalue weighted by Crippen LogP contribution is 2.28. The highest BCUT2D eigenvalue weighted by atomic mass is 16.5. The maximum atomic E-state index is 10.6. The molecule has 94 valence electrons. The number of ether oxygens (including phenoxy) is 1. The summed E-state index contributed by atoms with van der Waals surface area (Å²) in [5, 5.41) is 10.6. The van der Waals surface area contributed by atoms with Gasteiger partial charge in [-0.3, -0.25) is 0 Å². The average molecular weight is 244 g/mol. The second-order valence-corrected chi connectivity index (χ2v) is 4.11. The topological polar surface area (TPSA) is 55.2 Å². The Kier molecular flexibility index (Phi) is 3.58. The van der Waals surface area contributed by atoms with Crippen LogP contribution in [0.1, 0.15) is 25.1 Å². The third-order valence-corrected chi connectivity index (χ3v) is 2.77. The van der Waals surface area contributed by atoms with Gasteiger partial charge in [0.1, 0.15) is 11.9 Å². The van der Waals surface area contributed by atoms with Gasteiger partial charge < -0.3 is 9.84 Å². The van der Waals surface area contributed by atoms with Crippen LogP contribution in [0.5, 0.6) is 5.88 Å². The lowest BCUT2D eigenvalue weighted by molar-refractivity contribution is 0.0966. The number of nitrogens with zero attached hydrogens (tertiary/aromatic N) is 2. The van der Waals surface area contributed by atoms with E-state index in [0.717, 1.165) is 5.56 Å². The summed E-state index contributed by atoms with van der Waals surface area (Å²) >= 11 is 0. The van der Waals surface area contributed by atoms with Crippen LogP contribution in [0.3, 0.4) is 0 Å². The van der Waals surface area contributed by atoms with Crippen LogP contribution in [0.4, 0.5) is 0 Å². The summed E-state index contributed by atoms with van der Waals surface area (Å²) < 4.78 is 5.32. The fraction of sp³-hybridized carbons (Fsp3) is 0.286. The molecule has 1 N–H and O–H groups in total. The van der Waals surface area contributed by atoms with Crippen LogP contribution >= 0.6 is 0 Å². The molecule has 0 saturated heterocycles. The third kappa shape index (κ3) is 2.49. The fourth-order valence-electron chi connectivity index (χ4n) is 1.74. The summed E-state index contributed by atoms with van der Waals surface area (Å²) in [5.41, 5.74) is 0.147. The van der Waals surface area contributed by atoms with Crippen molar-refractivity contribution in [3.8, 4) is 5.88 Å². The van der Waals surface area contributed by atoms with E-state index in [1.807, 2.05) is 37.3 Å². The molecule has 4 nitrogen and oxygen atoms in total. The minimum Gasteiger partial charge on any atom is -0.478 e. The first-order chi connectivity index (χ1) is 8.64. The number of hydrogen-bond acceptors (Lipinski definition) is 4. The lowest BCUT2D eigenvalue weighted by Gasteiger charge is -2.23. The molecule has 0 saturated carbocycles. The monoisotopic (exact) mass is 244 g/mol. The smallest absolute Gasteiger partial charge is 0.216 e. The van der Waals surface area contributed by atoms with Crippen molar-refractivity contribution >= 4 is 0 Å². The Bertz CT molecular complexity index is 512. The first-order valence-corrected chi connectivity index (χ1v) is 5.88. The van der Waals surface area contributed by atoms with Crippen LogP contribution in [0.15, 0.2) is 42.7 Å².